The normalized spacial score (nSPS) is 23.0. The lowest BCUT2D eigenvalue weighted by Crippen LogP contribution is -2.44. The Morgan fingerprint density at radius 1 is 1.13 bits per heavy atom. The maximum absolute atomic E-state index is 13.3. The number of nitrogens with zero attached hydrogens (tertiary/aromatic N) is 3. The summed E-state index contributed by atoms with van der Waals surface area (Å²) in [6, 6.07) is 4.14. The van der Waals surface area contributed by atoms with Crippen LogP contribution in [0.25, 0.3) is 0 Å². The van der Waals surface area contributed by atoms with E-state index in [0.29, 0.717) is 12.4 Å². The van der Waals surface area contributed by atoms with Gasteiger partial charge in [-0.2, -0.15) is 0 Å². The number of carbonyl (C=O) groups excluding carboxylic acids is 1. The van der Waals surface area contributed by atoms with Crippen LogP contribution in [-0.4, -0.2) is 38.8 Å². The van der Waals surface area contributed by atoms with Crippen molar-refractivity contribution < 1.29 is 4.79 Å². The van der Waals surface area contributed by atoms with Crippen LogP contribution in [0.4, 0.5) is 0 Å². The molecule has 1 N–H and O–H groups in total. The summed E-state index contributed by atoms with van der Waals surface area (Å²) in [6.45, 7) is 3.22. The molecule has 166 valence electrons. The Bertz CT molecular complexity index is 964. The van der Waals surface area contributed by atoms with Crippen molar-refractivity contribution >= 4 is 17.2 Å². The average Bonchev–Trinajstić information content (AvgIpc) is 3.32. The molecule has 3 aliphatic rings. The Hall–Kier alpha value is -1.99. The van der Waals surface area contributed by atoms with Crippen molar-refractivity contribution in [3.05, 3.63) is 49.8 Å². The van der Waals surface area contributed by atoms with Gasteiger partial charge < -0.3 is 9.88 Å². The van der Waals surface area contributed by atoms with Gasteiger partial charge in [-0.05, 0) is 43.6 Å². The van der Waals surface area contributed by atoms with Crippen LogP contribution in [0.2, 0.25) is 0 Å². The number of thiophene rings is 1. The van der Waals surface area contributed by atoms with Gasteiger partial charge in [0, 0.05) is 43.4 Å². The van der Waals surface area contributed by atoms with Crippen LogP contribution in [0, 0.1) is 5.92 Å². The predicted molar refractivity (Wildman–Crippen MR) is 122 cm³/mol. The Kier molecular flexibility index (Phi) is 6.23. The van der Waals surface area contributed by atoms with E-state index in [-0.39, 0.29) is 23.4 Å². The van der Waals surface area contributed by atoms with Crippen LogP contribution in [0.1, 0.15) is 79.4 Å². The van der Waals surface area contributed by atoms with Crippen LogP contribution in [-0.2, 0) is 24.3 Å². The number of aromatic nitrogens is 2. The highest BCUT2D eigenvalue weighted by Crippen LogP contribution is 2.34. The van der Waals surface area contributed by atoms with E-state index in [2.05, 4.69) is 27.4 Å². The maximum Gasteiger partial charge on any atom is 0.255 e. The molecule has 7 heteroatoms. The number of nitrogens with one attached hydrogen (secondary N) is 1. The molecule has 0 radical (unpaired) electrons. The number of piperidine rings is 1. The molecule has 2 aliphatic heterocycles. The van der Waals surface area contributed by atoms with Gasteiger partial charge in [-0.15, -0.1) is 11.3 Å². The van der Waals surface area contributed by atoms with Crippen LogP contribution in [0.5, 0.6) is 0 Å². The van der Waals surface area contributed by atoms with Crippen LogP contribution in [0.15, 0.2) is 22.3 Å². The Balaban J connectivity index is 1.35. The molecule has 2 fully saturated rings. The Morgan fingerprint density at radius 2 is 1.97 bits per heavy atom. The standard InChI is InChI=1S/C24H32N4O2S/c29-23-19-16-27(15-18-9-6-14-31-18)13-11-20(19)25-22(26-23)21-10-4-5-12-28(21)24(30)17-7-2-1-3-8-17/h6,9,14,17,21H,1-5,7-8,10-13,15-16H2,(H,25,26,29)/t21-/m0/s1. The third-order valence-electron chi connectivity index (χ3n) is 7.18. The predicted octanol–water partition coefficient (Wildman–Crippen LogP) is 4.02. The third-order valence-corrected chi connectivity index (χ3v) is 8.04. The lowest BCUT2D eigenvalue weighted by molar-refractivity contribution is -0.140. The molecule has 1 atom stereocenters. The number of amides is 1. The molecular formula is C24H32N4O2S. The SMILES string of the molecule is O=C(C1CCCCC1)N1CCCC[C@H]1c1nc2c(c(=O)[nH]1)CN(Cc1cccs1)CC2. The summed E-state index contributed by atoms with van der Waals surface area (Å²) in [5.41, 5.74) is 1.70. The highest BCUT2D eigenvalue weighted by Gasteiger charge is 2.35. The summed E-state index contributed by atoms with van der Waals surface area (Å²) in [7, 11) is 0. The minimum absolute atomic E-state index is 0.0217. The van der Waals surface area contributed by atoms with E-state index in [1.54, 1.807) is 11.3 Å². The van der Waals surface area contributed by atoms with Crippen molar-refractivity contribution in [1.82, 2.24) is 19.8 Å². The van der Waals surface area contributed by atoms with Crippen molar-refractivity contribution in [2.24, 2.45) is 5.92 Å². The molecule has 1 amide bonds. The number of aromatic amines is 1. The molecule has 1 saturated carbocycles. The van der Waals surface area contributed by atoms with E-state index >= 15 is 0 Å². The van der Waals surface area contributed by atoms with Gasteiger partial charge in [-0.1, -0.05) is 25.3 Å². The number of H-pyrrole nitrogens is 1. The summed E-state index contributed by atoms with van der Waals surface area (Å²) >= 11 is 1.76. The molecule has 1 saturated heterocycles. The molecule has 0 aromatic carbocycles. The first kappa shape index (κ1) is 20.9. The van der Waals surface area contributed by atoms with E-state index in [1.165, 1.54) is 11.3 Å². The maximum atomic E-state index is 13.3. The summed E-state index contributed by atoms with van der Waals surface area (Å²) in [5.74, 6) is 1.15. The van der Waals surface area contributed by atoms with E-state index < -0.39 is 0 Å². The van der Waals surface area contributed by atoms with Crippen molar-refractivity contribution in [3.63, 3.8) is 0 Å². The number of hydrogen-bond acceptors (Lipinski definition) is 5. The van der Waals surface area contributed by atoms with Gasteiger partial charge in [-0.25, -0.2) is 4.98 Å². The van der Waals surface area contributed by atoms with Crippen LogP contribution >= 0.6 is 11.3 Å². The highest BCUT2D eigenvalue weighted by molar-refractivity contribution is 7.09. The molecular weight excluding hydrogens is 408 g/mol. The number of rotatable bonds is 4. The van der Waals surface area contributed by atoms with Crippen molar-refractivity contribution in [3.8, 4) is 0 Å². The zero-order valence-corrected chi connectivity index (χ0v) is 19.0. The molecule has 4 heterocycles. The molecule has 5 rings (SSSR count). The minimum Gasteiger partial charge on any atom is -0.332 e. The van der Waals surface area contributed by atoms with Crippen LogP contribution in [0.3, 0.4) is 0 Å². The summed E-state index contributed by atoms with van der Waals surface area (Å²) in [4.78, 5) is 40.0. The fraction of sp³-hybridized carbons (Fsp3) is 0.625. The fourth-order valence-corrected chi connectivity index (χ4v) is 6.23. The number of hydrogen-bond donors (Lipinski definition) is 1. The van der Waals surface area contributed by atoms with Crippen molar-refractivity contribution in [2.45, 2.75) is 76.9 Å². The summed E-state index contributed by atoms with van der Waals surface area (Å²) < 4.78 is 0. The lowest BCUT2D eigenvalue weighted by atomic mass is 9.87. The first-order valence-electron chi connectivity index (χ1n) is 11.9. The highest BCUT2D eigenvalue weighted by atomic mass is 32.1. The largest absolute Gasteiger partial charge is 0.332 e. The summed E-state index contributed by atoms with van der Waals surface area (Å²) in [6.07, 6.45) is 9.39. The van der Waals surface area contributed by atoms with Gasteiger partial charge in [0.2, 0.25) is 5.91 Å². The van der Waals surface area contributed by atoms with Crippen molar-refractivity contribution in [1.29, 1.82) is 0 Å². The van der Waals surface area contributed by atoms with Gasteiger partial charge in [-0.3, -0.25) is 14.5 Å². The molecule has 1 aliphatic carbocycles. The van der Waals surface area contributed by atoms with Gasteiger partial charge >= 0.3 is 0 Å². The number of carbonyl (C=O) groups is 1. The molecule has 2 aromatic rings. The van der Waals surface area contributed by atoms with E-state index in [9.17, 15) is 9.59 Å². The van der Waals surface area contributed by atoms with E-state index in [4.69, 9.17) is 4.98 Å². The second kappa shape index (κ2) is 9.25. The molecule has 31 heavy (non-hydrogen) atoms. The molecule has 0 spiro atoms. The third kappa shape index (κ3) is 4.48. The zero-order chi connectivity index (χ0) is 21.2. The quantitative estimate of drug-likeness (QED) is 0.780. The molecule has 0 unspecified atom stereocenters. The van der Waals surface area contributed by atoms with Crippen LogP contribution < -0.4 is 5.56 Å². The van der Waals surface area contributed by atoms with Gasteiger partial charge in [0.1, 0.15) is 5.82 Å². The fourth-order valence-electron chi connectivity index (χ4n) is 5.48. The second-order valence-corrected chi connectivity index (χ2v) is 10.3. The summed E-state index contributed by atoms with van der Waals surface area (Å²) in [5, 5.41) is 2.10. The molecule has 2 aromatic heterocycles. The topological polar surface area (TPSA) is 69.3 Å². The molecule has 0 bridgehead atoms. The monoisotopic (exact) mass is 440 g/mol. The van der Waals surface area contributed by atoms with E-state index in [0.717, 1.165) is 82.3 Å². The number of likely N-dealkylation sites (tertiary alicyclic amines) is 1. The van der Waals surface area contributed by atoms with Crippen molar-refractivity contribution in [2.75, 3.05) is 13.1 Å². The van der Waals surface area contributed by atoms with Gasteiger partial charge in [0.05, 0.1) is 17.3 Å². The second-order valence-electron chi connectivity index (χ2n) is 9.29. The Labute approximate surface area is 187 Å². The Morgan fingerprint density at radius 3 is 2.77 bits per heavy atom. The minimum atomic E-state index is -0.0784. The van der Waals surface area contributed by atoms with Gasteiger partial charge in [0.15, 0.2) is 0 Å². The first-order chi connectivity index (χ1) is 15.2. The molecule has 6 nitrogen and oxygen atoms in total. The van der Waals surface area contributed by atoms with E-state index in [1.807, 2.05) is 4.90 Å². The lowest BCUT2D eigenvalue weighted by Gasteiger charge is -2.38. The number of fused-ring (bicyclic) bond motifs is 1. The first-order valence-corrected chi connectivity index (χ1v) is 12.7. The smallest absolute Gasteiger partial charge is 0.255 e. The zero-order valence-electron chi connectivity index (χ0n) is 18.1. The van der Waals surface area contributed by atoms with Gasteiger partial charge in [0.25, 0.3) is 5.56 Å². The average molecular weight is 441 g/mol.